The van der Waals surface area contributed by atoms with E-state index in [-0.39, 0.29) is 4.75 Å². The Morgan fingerprint density at radius 2 is 2.13 bits per heavy atom. The van der Waals surface area contributed by atoms with Gasteiger partial charge in [0.15, 0.2) is 0 Å². The molecular weight excluding hydrogens is 340 g/mol. The molecule has 0 saturated carbocycles. The molecule has 5 heteroatoms. The van der Waals surface area contributed by atoms with Crippen molar-refractivity contribution in [2.75, 3.05) is 18.1 Å². The fourth-order valence-corrected chi connectivity index (χ4v) is 2.26. The Morgan fingerprint density at radius 3 is 2.67 bits per heavy atom. The Kier molecular flexibility index (Phi) is 4.93. The van der Waals surface area contributed by atoms with E-state index in [1.165, 1.54) is 0 Å². The zero-order valence-electron chi connectivity index (χ0n) is 8.97. The lowest BCUT2D eigenvalue weighted by atomic mass is 10.2. The number of thioether (sulfide) groups is 1. The summed E-state index contributed by atoms with van der Waals surface area (Å²) in [6.07, 6.45) is 3.91. The molecule has 0 fully saturated rings. The summed E-state index contributed by atoms with van der Waals surface area (Å²) in [5.41, 5.74) is 0. The van der Waals surface area contributed by atoms with Crippen LogP contribution in [0.4, 0.5) is 5.82 Å². The smallest absolute Gasteiger partial charge is 0.140 e. The molecule has 84 valence electrons. The van der Waals surface area contributed by atoms with Gasteiger partial charge in [-0.1, -0.05) is 0 Å². The second kappa shape index (κ2) is 5.55. The van der Waals surface area contributed by atoms with Crippen molar-refractivity contribution in [2.45, 2.75) is 18.6 Å². The number of hydrogen-bond acceptors (Lipinski definition) is 3. The number of rotatable bonds is 4. The van der Waals surface area contributed by atoms with E-state index in [0.717, 1.165) is 21.3 Å². The van der Waals surface area contributed by atoms with Gasteiger partial charge in [0.1, 0.15) is 5.82 Å². The third-order valence-corrected chi connectivity index (χ3v) is 4.33. The number of pyridine rings is 1. The molecule has 0 aliphatic carbocycles. The third kappa shape index (κ3) is 4.33. The minimum atomic E-state index is 0.216. The van der Waals surface area contributed by atoms with Crippen molar-refractivity contribution in [1.82, 2.24) is 4.98 Å². The number of halogens is 2. The molecule has 1 aromatic heterocycles. The van der Waals surface area contributed by atoms with Crippen LogP contribution in [0.2, 0.25) is 0 Å². The summed E-state index contributed by atoms with van der Waals surface area (Å²) >= 11 is 8.69. The minimum Gasteiger partial charge on any atom is -0.368 e. The van der Waals surface area contributed by atoms with Crippen LogP contribution in [0, 0.1) is 0 Å². The quantitative estimate of drug-likeness (QED) is 0.879. The molecule has 0 aliphatic rings. The number of nitrogens with zero attached hydrogens (tertiary/aromatic N) is 1. The van der Waals surface area contributed by atoms with Gasteiger partial charge < -0.3 is 5.32 Å². The van der Waals surface area contributed by atoms with E-state index in [4.69, 9.17) is 0 Å². The second-order valence-corrected chi connectivity index (χ2v) is 7.08. The van der Waals surface area contributed by atoms with Gasteiger partial charge in [0.05, 0.1) is 4.47 Å². The molecule has 0 amide bonds. The summed E-state index contributed by atoms with van der Waals surface area (Å²) in [7, 11) is 0. The highest BCUT2D eigenvalue weighted by atomic mass is 79.9. The predicted octanol–water partition coefficient (Wildman–Crippen LogP) is 4.16. The van der Waals surface area contributed by atoms with Crippen LogP contribution in [0.3, 0.4) is 0 Å². The molecule has 0 unspecified atom stereocenters. The van der Waals surface area contributed by atoms with Crippen LogP contribution in [-0.2, 0) is 0 Å². The van der Waals surface area contributed by atoms with Crippen LogP contribution in [0.25, 0.3) is 0 Å². The maximum atomic E-state index is 4.30. The van der Waals surface area contributed by atoms with Gasteiger partial charge in [0, 0.05) is 22.0 Å². The number of aromatic nitrogens is 1. The Morgan fingerprint density at radius 1 is 1.47 bits per heavy atom. The fraction of sp³-hybridized carbons (Fsp3) is 0.500. The van der Waals surface area contributed by atoms with Gasteiger partial charge in [0.2, 0.25) is 0 Å². The summed E-state index contributed by atoms with van der Waals surface area (Å²) in [4.78, 5) is 4.30. The highest BCUT2D eigenvalue weighted by molar-refractivity contribution is 9.11. The van der Waals surface area contributed by atoms with Crippen molar-refractivity contribution >= 4 is 49.4 Å². The first-order chi connectivity index (χ1) is 6.94. The largest absolute Gasteiger partial charge is 0.368 e. The van der Waals surface area contributed by atoms with Crippen molar-refractivity contribution in [3.05, 3.63) is 21.2 Å². The molecule has 0 radical (unpaired) electrons. The Bertz CT molecular complexity index is 342. The molecule has 1 rings (SSSR count). The van der Waals surface area contributed by atoms with E-state index in [0.29, 0.717) is 0 Å². The zero-order valence-corrected chi connectivity index (χ0v) is 13.0. The van der Waals surface area contributed by atoms with Crippen LogP contribution in [0.1, 0.15) is 13.8 Å². The molecule has 1 aromatic rings. The summed E-state index contributed by atoms with van der Waals surface area (Å²) < 4.78 is 2.17. The van der Waals surface area contributed by atoms with Gasteiger partial charge in [-0.15, -0.1) is 0 Å². The van der Waals surface area contributed by atoms with E-state index >= 15 is 0 Å². The molecule has 0 aromatic carbocycles. The first-order valence-electron chi connectivity index (χ1n) is 4.55. The first kappa shape index (κ1) is 13.3. The van der Waals surface area contributed by atoms with Gasteiger partial charge in [0.25, 0.3) is 0 Å². The molecule has 15 heavy (non-hydrogen) atoms. The van der Waals surface area contributed by atoms with Crippen LogP contribution in [0.5, 0.6) is 0 Å². The Hall–Kier alpha value is 0.260. The van der Waals surface area contributed by atoms with E-state index in [1.807, 2.05) is 17.8 Å². The molecule has 0 bridgehead atoms. The third-order valence-electron chi connectivity index (χ3n) is 2.04. The van der Waals surface area contributed by atoms with Gasteiger partial charge >= 0.3 is 0 Å². The first-order valence-corrected chi connectivity index (χ1v) is 7.36. The van der Waals surface area contributed by atoms with Gasteiger partial charge in [-0.05, 0) is 58.0 Å². The average molecular weight is 354 g/mol. The maximum absolute atomic E-state index is 4.30. The molecule has 2 nitrogen and oxygen atoms in total. The Balaban J connectivity index is 2.66. The highest BCUT2D eigenvalue weighted by Crippen LogP contribution is 2.26. The van der Waals surface area contributed by atoms with Gasteiger partial charge in [-0.2, -0.15) is 11.8 Å². The second-order valence-electron chi connectivity index (χ2n) is 3.80. The van der Waals surface area contributed by atoms with E-state index in [9.17, 15) is 0 Å². The van der Waals surface area contributed by atoms with Crippen molar-refractivity contribution in [3.63, 3.8) is 0 Å². The number of anilines is 1. The van der Waals surface area contributed by atoms with Crippen LogP contribution < -0.4 is 5.32 Å². The summed E-state index contributed by atoms with van der Waals surface area (Å²) in [6.45, 7) is 5.30. The van der Waals surface area contributed by atoms with Crippen molar-refractivity contribution in [1.29, 1.82) is 0 Å². The highest BCUT2D eigenvalue weighted by Gasteiger charge is 2.16. The lowest BCUT2D eigenvalue weighted by Crippen LogP contribution is -2.26. The lowest BCUT2D eigenvalue weighted by molar-refractivity contribution is 0.749. The van der Waals surface area contributed by atoms with Crippen molar-refractivity contribution < 1.29 is 0 Å². The molecule has 1 N–H and O–H groups in total. The molecule has 0 aliphatic heterocycles. The van der Waals surface area contributed by atoms with Crippen molar-refractivity contribution in [3.8, 4) is 0 Å². The van der Waals surface area contributed by atoms with Crippen molar-refractivity contribution in [2.24, 2.45) is 0 Å². The SMILES string of the molecule is CSC(C)(C)CNc1ncc(Br)cc1Br. The molecule has 0 saturated heterocycles. The Labute approximate surface area is 112 Å². The van der Waals surface area contributed by atoms with E-state index < -0.39 is 0 Å². The van der Waals surface area contributed by atoms with E-state index in [1.54, 1.807) is 6.20 Å². The maximum Gasteiger partial charge on any atom is 0.140 e. The molecule has 1 heterocycles. The molecule has 0 atom stereocenters. The van der Waals surface area contributed by atoms with Gasteiger partial charge in [-0.3, -0.25) is 0 Å². The summed E-state index contributed by atoms with van der Waals surface area (Å²) in [6, 6.07) is 1.99. The normalized spacial score (nSPS) is 11.5. The lowest BCUT2D eigenvalue weighted by Gasteiger charge is -2.22. The number of nitrogens with one attached hydrogen (secondary N) is 1. The molecule has 0 spiro atoms. The fourth-order valence-electron chi connectivity index (χ4n) is 0.913. The topological polar surface area (TPSA) is 24.9 Å². The molecular formula is C10H14Br2N2S. The zero-order chi connectivity index (χ0) is 11.5. The predicted molar refractivity (Wildman–Crippen MR) is 75.7 cm³/mol. The standard InChI is InChI=1S/C10H14Br2N2S/c1-10(2,15-3)6-14-9-8(12)4-7(11)5-13-9/h4-5H,6H2,1-3H3,(H,13,14). The van der Waals surface area contributed by atoms with Crippen LogP contribution >= 0.6 is 43.6 Å². The summed E-state index contributed by atoms with van der Waals surface area (Å²) in [5.74, 6) is 0.889. The number of hydrogen-bond donors (Lipinski definition) is 1. The minimum absolute atomic E-state index is 0.216. The van der Waals surface area contributed by atoms with E-state index in [2.05, 4.69) is 62.3 Å². The van der Waals surface area contributed by atoms with Crippen LogP contribution in [0.15, 0.2) is 21.2 Å². The monoisotopic (exact) mass is 352 g/mol. The average Bonchev–Trinajstić information content (AvgIpc) is 2.16. The summed E-state index contributed by atoms with van der Waals surface area (Å²) in [5, 5.41) is 3.33. The van der Waals surface area contributed by atoms with Crippen LogP contribution in [-0.4, -0.2) is 22.5 Å². The van der Waals surface area contributed by atoms with Gasteiger partial charge in [-0.25, -0.2) is 4.98 Å².